The number of carbonyl (C=O) groups excluding carboxylic acids is 1. The van der Waals surface area contributed by atoms with Gasteiger partial charge in [0.1, 0.15) is 0 Å². The zero-order valence-electron chi connectivity index (χ0n) is 11.9. The fourth-order valence-corrected chi connectivity index (χ4v) is 2.19. The molecule has 0 radical (unpaired) electrons. The number of rotatable bonds is 6. The quantitative estimate of drug-likeness (QED) is 0.615. The van der Waals surface area contributed by atoms with Crippen LogP contribution in [0.25, 0.3) is 0 Å². The van der Waals surface area contributed by atoms with E-state index in [0.717, 1.165) is 12.1 Å². The van der Waals surface area contributed by atoms with Crippen LogP contribution in [0, 0.1) is 0 Å². The van der Waals surface area contributed by atoms with Gasteiger partial charge in [0.2, 0.25) is 5.91 Å². The summed E-state index contributed by atoms with van der Waals surface area (Å²) in [5.74, 6) is 0.808. The van der Waals surface area contributed by atoms with Gasteiger partial charge in [-0.3, -0.25) is 4.79 Å². The van der Waals surface area contributed by atoms with Crippen LogP contribution in [-0.4, -0.2) is 16.9 Å². The molecule has 5 heteroatoms. The van der Waals surface area contributed by atoms with Crippen LogP contribution in [0.1, 0.15) is 44.6 Å². The molecule has 0 saturated carbocycles. The smallest absolute Gasteiger partial charge is 0.226 e. The summed E-state index contributed by atoms with van der Waals surface area (Å²) >= 11 is 10.7. The summed E-state index contributed by atoms with van der Waals surface area (Å²) in [6.07, 6.45) is 2.09. The third-order valence-corrected chi connectivity index (χ3v) is 3.61. The first-order valence-electron chi connectivity index (χ1n) is 6.84. The number of amides is 1. The number of halogens is 1. The van der Waals surface area contributed by atoms with Gasteiger partial charge in [0.15, 0.2) is 5.11 Å². The van der Waals surface area contributed by atoms with Crippen molar-refractivity contribution in [1.29, 1.82) is 0 Å². The first-order valence-corrected chi connectivity index (χ1v) is 7.78. The summed E-state index contributed by atoms with van der Waals surface area (Å²) < 4.78 is 0. The van der Waals surface area contributed by atoms with Crippen LogP contribution in [0.3, 0.4) is 0 Å². The highest BCUT2D eigenvalue weighted by molar-refractivity contribution is 7.80. The van der Waals surface area contributed by atoms with Crippen molar-refractivity contribution in [3.63, 3.8) is 0 Å². The highest BCUT2D eigenvalue weighted by atomic mass is 35.5. The van der Waals surface area contributed by atoms with Gasteiger partial charge >= 0.3 is 0 Å². The molecule has 1 aromatic carbocycles. The van der Waals surface area contributed by atoms with Crippen LogP contribution in [0.5, 0.6) is 0 Å². The topological polar surface area (TPSA) is 41.1 Å². The Kier molecular flexibility index (Phi) is 7.55. The number of anilines is 1. The Morgan fingerprint density at radius 1 is 1.40 bits per heavy atom. The van der Waals surface area contributed by atoms with Crippen molar-refractivity contribution >= 4 is 40.5 Å². The highest BCUT2D eigenvalue weighted by Crippen LogP contribution is 2.26. The number of thiocarbonyl (C=S) groups is 1. The van der Waals surface area contributed by atoms with E-state index in [9.17, 15) is 4.79 Å². The van der Waals surface area contributed by atoms with Gasteiger partial charge in [-0.1, -0.05) is 32.0 Å². The van der Waals surface area contributed by atoms with Crippen molar-refractivity contribution in [2.75, 3.05) is 11.2 Å². The maximum Gasteiger partial charge on any atom is 0.226 e. The van der Waals surface area contributed by atoms with Crippen LogP contribution < -0.4 is 10.6 Å². The molecule has 0 fully saturated rings. The molecule has 0 aromatic heterocycles. The lowest BCUT2D eigenvalue weighted by atomic mass is 9.97. The van der Waals surface area contributed by atoms with Crippen LogP contribution in [-0.2, 0) is 4.79 Å². The Labute approximate surface area is 131 Å². The molecule has 0 aliphatic carbocycles. The zero-order chi connectivity index (χ0) is 15.0. The van der Waals surface area contributed by atoms with Crippen LogP contribution in [0.2, 0.25) is 0 Å². The summed E-state index contributed by atoms with van der Waals surface area (Å²) in [7, 11) is 0. The molecule has 0 aliphatic rings. The van der Waals surface area contributed by atoms with Gasteiger partial charge in [-0.2, -0.15) is 0 Å². The molecule has 0 heterocycles. The molecule has 0 saturated heterocycles. The van der Waals surface area contributed by atoms with Crippen molar-refractivity contribution in [3.8, 4) is 0 Å². The summed E-state index contributed by atoms with van der Waals surface area (Å²) in [5, 5.41) is 6.10. The molecule has 110 valence electrons. The predicted molar refractivity (Wildman–Crippen MR) is 89.5 cm³/mol. The Morgan fingerprint density at radius 2 is 2.10 bits per heavy atom. The number of hydrogen-bond acceptors (Lipinski definition) is 2. The molecule has 1 atom stereocenters. The summed E-state index contributed by atoms with van der Waals surface area (Å²) in [6.45, 7) is 4.32. The molecule has 2 N–H and O–H groups in total. The minimum Gasteiger partial charge on any atom is -0.332 e. The lowest BCUT2D eigenvalue weighted by Gasteiger charge is -2.17. The van der Waals surface area contributed by atoms with Gasteiger partial charge in [0.05, 0.1) is 0 Å². The fourth-order valence-electron chi connectivity index (χ4n) is 1.83. The van der Waals surface area contributed by atoms with Crippen molar-refractivity contribution in [1.82, 2.24) is 5.32 Å². The van der Waals surface area contributed by atoms with E-state index in [0.29, 0.717) is 29.8 Å². The lowest BCUT2D eigenvalue weighted by molar-refractivity contribution is -0.119. The summed E-state index contributed by atoms with van der Waals surface area (Å²) in [5.41, 5.74) is 2.15. The highest BCUT2D eigenvalue weighted by Gasteiger charge is 2.10. The standard InChI is InChI=1S/C15H21ClN2OS/c1-3-11(2)12-7-4-5-8-13(12)17-15(20)18-14(19)9-6-10-16/h4-5,7-8,11H,3,6,9-10H2,1-2H3,(H2,17,18,19,20)/t11-/m1/s1. The second kappa shape index (κ2) is 8.93. The third-order valence-electron chi connectivity index (χ3n) is 3.14. The molecule has 3 nitrogen and oxygen atoms in total. The Bertz CT molecular complexity index is 465. The Hall–Kier alpha value is -1.13. The minimum absolute atomic E-state index is 0.107. The van der Waals surface area contributed by atoms with Gasteiger partial charge in [-0.15, -0.1) is 11.6 Å². The predicted octanol–water partition coefficient (Wildman–Crippen LogP) is 4.03. The van der Waals surface area contributed by atoms with E-state index < -0.39 is 0 Å². The average molecular weight is 313 g/mol. The third kappa shape index (κ3) is 5.47. The monoisotopic (exact) mass is 312 g/mol. The van der Waals surface area contributed by atoms with Gasteiger partial charge < -0.3 is 10.6 Å². The lowest BCUT2D eigenvalue weighted by Crippen LogP contribution is -2.34. The molecule has 0 spiro atoms. The van der Waals surface area contributed by atoms with Gasteiger partial charge in [-0.05, 0) is 42.6 Å². The minimum atomic E-state index is -0.107. The number of benzene rings is 1. The first kappa shape index (κ1) is 16.9. The van der Waals surface area contributed by atoms with Gasteiger partial charge in [-0.25, -0.2) is 0 Å². The second-order valence-corrected chi connectivity index (χ2v) is 5.48. The van der Waals surface area contributed by atoms with Crippen LogP contribution in [0.15, 0.2) is 24.3 Å². The molecule has 1 rings (SSSR count). The van der Waals surface area contributed by atoms with Crippen molar-refractivity contribution in [2.24, 2.45) is 0 Å². The van der Waals surface area contributed by atoms with E-state index >= 15 is 0 Å². The zero-order valence-corrected chi connectivity index (χ0v) is 13.5. The Morgan fingerprint density at radius 3 is 2.75 bits per heavy atom. The summed E-state index contributed by atoms with van der Waals surface area (Å²) in [6, 6.07) is 8.01. The molecule has 1 amide bonds. The van der Waals surface area contributed by atoms with E-state index in [1.807, 2.05) is 18.2 Å². The first-order chi connectivity index (χ1) is 9.58. The van der Waals surface area contributed by atoms with Gasteiger partial charge in [0, 0.05) is 18.0 Å². The molecular formula is C15H21ClN2OS. The van der Waals surface area contributed by atoms with Crippen LogP contribution in [0.4, 0.5) is 5.69 Å². The van der Waals surface area contributed by atoms with E-state index in [-0.39, 0.29) is 5.91 Å². The van der Waals surface area contributed by atoms with Crippen molar-refractivity contribution < 1.29 is 4.79 Å². The van der Waals surface area contributed by atoms with Gasteiger partial charge in [0.25, 0.3) is 0 Å². The SMILES string of the molecule is CC[C@@H](C)c1ccccc1NC(=S)NC(=O)CCCCl. The second-order valence-electron chi connectivity index (χ2n) is 4.69. The van der Waals surface area contributed by atoms with Crippen LogP contribution >= 0.6 is 23.8 Å². The number of alkyl halides is 1. The fraction of sp³-hybridized carbons (Fsp3) is 0.467. The Balaban J connectivity index is 2.64. The largest absolute Gasteiger partial charge is 0.332 e. The molecule has 0 bridgehead atoms. The van der Waals surface area contributed by atoms with E-state index in [1.54, 1.807) is 0 Å². The maximum atomic E-state index is 11.6. The van der Waals surface area contributed by atoms with Crippen molar-refractivity contribution in [2.45, 2.75) is 39.0 Å². The van der Waals surface area contributed by atoms with E-state index in [1.165, 1.54) is 5.56 Å². The van der Waals surface area contributed by atoms with Crippen molar-refractivity contribution in [3.05, 3.63) is 29.8 Å². The summed E-state index contributed by atoms with van der Waals surface area (Å²) in [4.78, 5) is 11.6. The number of nitrogens with one attached hydrogen (secondary N) is 2. The molecule has 20 heavy (non-hydrogen) atoms. The van der Waals surface area contributed by atoms with E-state index in [2.05, 4.69) is 30.5 Å². The molecular weight excluding hydrogens is 292 g/mol. The average Bonchev–Trinajstić information content (AvgIpc) is 2.44. The normalized spacial score (nSPS) is 11.8. The molecule has 0 aliphatic heterocycles. The number of para-hydroxylation sites is 1. The molecule has 0 unspecified atom stereocenters. The number of carbonyl (C=O) groups is 1. The maximum absolute atomic E-state index is 11.6. The van der Waals surface area contributed by atoms with E-state index in [4.69, 9.17) is 23.8 Å². The number of hydrogen-bond donors (Lipinski definition) is 2. The molecule has 1 aromatic rings.